The van der Waals surface area contributed by atoms with E-state index in [1.807, 2.05) is 19.0 Å². The molecular formula is C13H15IN4O2S. The molecule has 0 unspecified atom stereocenters. The normalized spacial score (nSPS) is 11.4. The molecule has 0 saturated heterocycles. The van der Waals surface area contributed by atoms with Crippen molar-refractivity contribution in [2.45, 2.75) is 11.4 Å². The third kappa shape index (κ3) is 4.35. The van der Waals surface area contributed by atoms with E-state index in [2.05, 4.69) is 37.3 Å². The van der Waals surface area contributed by atoms with Gasteiger partial charge < -0.3 is 4.90 Å². The minimum absolute atomic E-state index is 0.0516. The van der Waals surface area contributed by atoms with Gasteiger partial charge >= 0.3 is 0 Å². The molecule has 2 aromatic rings. The van der Waals surface area contributed by atoms with E-state index in [4.69, 9.17) is 0 Å². The lowest BCUT2D eigenvalue weighted by Gasteiger charge is -2.12. The van der Waals surface area contributed by atoms with E-state index in [1.165, 1.54) is 0 Å². The van der Waals surface area contributed by atoms with E-state index in [-0.39, 0.29) is 11.4 Å². The highest BCUT2D eigenvalue weighted by atomic mass is 127. The molecule has 0 aliphatic rings. The summed E-state index contributed by atoms with van der Waals surface area (Å²) in [5.74, 6) is 1.16. The molecule has 0 atom stereocenters. The van der Waals surface area contributed by atoms with Gasteiger partial charge in [0.15, 0.2) is 0 Å². The van der Waals surface area contributed by atoms with Crippen LogP contribution >= 0.6 is 22.6 Å². The quantitative estimate of drug-likeness (QED) is 0.748. The number of anilines is 1. The molecule has 2 rings (SSSR count). The Kier molecular flexibility index (Phi) is 5.12. The second-order valence-corrected chi connectivity index (χ2v) is 7.52. The van der Waals surface area contributed by atoms with Crippen molar-refractivity contribution in [2.24, 2.45) is 0 Å². The average molecular weight is 418 g/mol. The third-order valence-electron chi connectivity index (χ3n) is 2.69. The number of hydrogen-bond acceptors (Lipinski definition) is 5. The zero-order chi connectivity index (χ0) is 15.5. The topological polar surface area (TPSA) is 75.2 Å². The van der Waals surface area contributed by atoms with Gasteiger partial charge in [0.05, 0.1) is 11.4 Å². The van der Waals surface area contributed by atoms with Gasteiger partial charge in [-0.3, -0.25) is 0 Å². The predicted octanol–water partition coefficient (Wildman–Crippen LogP) is 1.63. The Labute approximate surface area is 137 Å². The Hall–Kier alpha value is -1.26. The second-order valence-electron chi connectivity index (χ2n) is 4.50. The molecule has 0 aliphatic heterocycles. The van der Waals surface area contributed by atoms with Crippen LogP contribution in [-0.2, 0) is 16.6 Å². The standard InChI is InChI=1S/C13H15IN4O2S/c1-18(2)13-7-8-15-12(17-13)9-16-21(19,20)11-5-3-10(14)4-6-11/h3-8,16H,9H2,1-2H3. The third-order valence-corrected chi connectivity index (χ3v) is 4.83. The lowest BCUT2D eigenvalue weighted by molar-refractivity contribution is 0.579. The van der Waals surface area contributed by atoms with Crippen LogP contribution in [0.1, 0.15) is 5.82 Å². The van der Waals surface area contributed by atoms with Gasteiger partial charge in [-0.1, -0.05) is 0 Å². The van der Waals surface area contributed by atoms with E-state index in [0.717, 1.165) is 9.39 Å². The van der Waals surface area contributed by atoms with Crippen LogP contribution in [0.25, 0.3) is 0 Å². The maximum atomic E-state index is 12.2. The Morgan fingerprint density at radius 3 is 2.48 bits per heavy atom. The van der Waals surface area contributed by atoms with Gasteiger partial charge in [-0.25, -0.2) is 23.1 Å². The van der Waals surface area contributed by atoms with Gasteiger partial charge in [0, 0.05) is 23.9 Å². The van der Waals surface area contributed by atoms with Crippen LogP contribution < -0.4 is 9.62 Å². The molecule has 1 N–H and O–H groups in total. The molecule has 0 radical (unpaired) electrons. The monoisotopic (exact) mass is 418 g/mol. The number of hydrogen-bond donors (Lipinski definition) is 1. The zero-order valence-corrected chi connectivity index (χ0v) is 14.6. The first kappa shape index (κ1) is 16.1. The summed E-state index contributed by atoms with van der Waals surface area (Å²) in [6.07, 6.45) is 1.61. The Balaban J connectivity index is 2.11. The fraction of sp³-hybridized carbons (Fsp3) is 0.231. The number of halogens is 1. The fourth-order valence-electron chi connectivity index (χ4n) is 1.58. The first-order chi connectivity index (χ1) is 9.88. The van der Waals surface area contributed by atoms with Crippen LogP contribution in [-0.4, -0.2) is 32.5 Å². The Bertz CT molecular complexity index is 717. The molecule has 0 spiro atoms. The highest BCUT2D eigenvalue weighted by Gasteiger charge is 2.14. The average Bonchev–Trinajstić information content (AvgIpc) is 2.46. The summed E-state index contributed by atoms with van der Waals surface area (Å²) in [5, 5.41) is 0. The maximum Gasteiger partial charge on any atom is 0.240 e. The van der Waals surface area contributed by atoms with E-state index < -0.39 is 10.0 Å². The molecule has 1 aromatic heterocycles. The molecule has 6 nitrogen and oxygen atoms in total. The number of rotatable bonds is 5. The van der Waals surface area contributed by atoms with E-state index in [0.29, 0.717) is 5.82 Å². The highest BCUT2D eigenvalue weighted by Crippen LogP contribution is 2.12. The molecule has 0 aliphatic carbocycles. The van der Waals surface area contributed by atoms with E-state index in [1.54, 1.807) is 36.5 Å². The Morgan fingerprint density at radius 1 is 1.19 bits per heavy atom. The number of sulfonamides is 1. The SMILES string of the molecule is CN(C)c1ccnc(CNS(=O)(=O)c2ccc(I)cc2)n1. The first-order valence-electron chi connectivity index (χ1n) is 6.13. The van der Waals surface area contributed by atoms with Crippen LogP contribution in [0.15, 0.2) is 41.4 Å². The summed E-state index contributed by atoms with van der Waals surface area (Å²) < 4.78 is 27.8. The van der Waals surface area contributed by atoms with Gasteiger partial charge in [-0.15, -0.1) is 0 Å². The van der Waals surface area contributed by atoms with Crippen LogP contribution in [0.5, 0.6) is 0 Å². The predicted molar refractivity (Wildman–Crippen MR) is 89.5 cm³/mol. The van der Waals surface area contributed by atoms with Gasteiger partial charge in [0.25, 0.3) is 0 Å². The van der Waals surface area contributed by atoms with Crippen molar-refractivity contribution in [3.63, 3.8) is 0 Å². The molecule has 0 amide bonds. The molecule has 112 valence electrons. The number of nitrogens with zero attached hydrogens (tertiary/aromatic N) is 3. The highest BCUT2D eigenvalue weighted by molar-refractivity contribution is 14.1. The summed E-state index contributed by atoms with van der Waals surface area (Å²) in [6, 6.07) is 8.40. The van der Waals surface area contributed by atoms with Gasteiger partial charge in [-0.2, -0.15) is 0 Å². The summed E-state index contributed by atoms with van der Waals surface area (Å²) in [5.41, 5.74) is 0. The lowest BCUT2D eigenvalue weighted by atomic mass is 10.4. The van der Waals surface area contributed by atoms with Crippen molar-refractivity contribution < 1.29 is 8.42 Å². The smallest absolute Gasteiger partial charge is 0.240 e. The number of aromatic nitrogens is 2. The van der Waals surface area contributed by atoms with Crippen molar-refractivity contribution in [1.82, 2.24) is 14.7 Å². The summed E-state index contributed by atoms with van der Waals surface area (Å²) in [4.78, 5) is 10.4. The minimum atomic E-state index is -3.56. The molecular weight excluding hydrogens is 403 g/mol. The van der Waals surface area contributed by atoms with Crippen LogP contribution in [0.3, 0.4) is 0 Å². The molecule has 1 heterocycles. The van der Waals surface area contributed by atoms with E-state index in [9.17, 15) is 8.42 Å². The van der Waals surface area contributed by atoms with Crippen molar-refractivity contribution in [3.05, 3.63) is 45.9 Å². The van der Waals surface area contributed by atoms with Gasteiger partial charge in [0.1, 0.15) is 11.6 Å². The largest absolute Gasteiger partial charge is 0.363 e. The summed E-state index contributed by atoms with van der Waals surface area (Å²) in [6.45, 7) is 0.0516. The van der Waals surface area contributed by atoms with Crippen LogP contribution in [0.4, 0.5) is 5.82 Å². The first-order valence-corrected chi connectivity index (χ1v) is 8.69. The molecule has 0 fully saturated rings. The minimum Gasteiger partial charge on any atom is -0.363 e. The van der Waals surface area contributed by atoms with Crippen molar-refractivity contribution in [2.75, 3.05) is 19.0 Å². The second kappa shape index (κ2) is 6.67. The number of benzene rings is 1. The van der Waals surface area contributed by atoms with Crippen molar-refractivity contribution in [1.29, 1.82) is 0 Å². The summed E-state index contributed by atoms with van der Waals surface area (Å²) >= 11 is 2.13. The fourth-order valence-corrected chi connectivity index (χ4v) is 2.92. The van der Waals surface area contributed by atoms with E-state index >= 15 is 0 Å². The molecule has 8 heteroatoms. The van der Waals surface area contributed by atoms with Crippen LogP contribution in [0.2, 0.25) is 0 Å². The summed E-state index contributed by atoms with van der Waals surface area (Å²) in [7, 11) is 0.171. The zero-order valence-electron chi connectivity index (χ0n) is 11.6. The molecule has 21 heavy (non-hydrogen) atoms. The van der Waals surface area contributed by atoms with Gasteiger partial charge in [-0.05, 0) is 52.9 Å². The Morgan fingerprint density at radius 2 is 1.86 bits per heavy atom. The lowest BCUT2D eigenvalue weighted by Crippen LogP contribution is -2.24. The van der Waals surface area contributed by atoms with Gasteiger partial charge in [0.2, 0.25) is 10.0 Å². The maximum absolute atomic E-state index is 12.2. The molecule has 1 aromatic carbocycles. The molecule has 0 bridgehead atoms. The van der Waals surface area contributed by atoms with Crippen molar-refractivity contribution in [3.8, 4) is 0 Å². The van der Waals surface area contributed by atoms with Crippen LogP contribution in [0, 0.1) is 3.57 Å². The molecule has 0 saturated carbocycles. The van der Waals surface area contributed by atoms with Crippen molar-refractivity contribution >= 4 is 38.4 Å². The number of nitrogens with one attached hydrogen (secondary N) is 1.